The van der Waals surface area contributed by atoms with E-state index in [1.165, 1.54) is 84.8 Å². The number of esters is 3. The number of carbonyl (C=O) groups is 3. The van der Waals surface area contributed by atoms with Crippen molar-refractivity contribution >= 4 is 17.9 Å². The van der Waals surface area contributed by atoms with Gasteiger partial charge in [0.1, 0.15) is 6.10 Å². The van der Waals surface area contributed by atoms with Gasteiger partial charge in [0.25, 0.3) is 0 Å². The van der Waals surface area contributed by atoms with Crippen molar-refractivity contribution < 1.29 is 57.0 Å². The van der Waals surface area contributed by atoms with Crippen LogP contribution in [0, 0.1) is 46.3 Å². The summed E-state index contributed by atoms with van der Waals surface area (Å²) in [5.74, 6) is 4.74. The fourth-order valence-corrected chi connectivity index (χ4v) is 12.6. The molecule has 0 aliphatic heterocycles. The number of hydrogen-bond acceptors (Lipinski definition) is 12. The van der Waals surface area contributed by atoms with Crippen molar-refractivity contribution in [2.24, 2.45) is 46.3 Å². The first kappa shape index (κ1) is 54.6. The Kier molecular flexibility index (Phi) is 22.6. The molecule has 4 aliphatic rings. The second kappa shape index (κ2) is 27.7. The van der Waals surface area contributed by atoms with Gasteiger partial charge in [0.2, 0.25) is 5.75 Å². The first-order valence-electron chi connectivity index (χ1n) is 26.1. The Labute approximate surface area is 403 Å². The summed E-state index contributed by atoms with van der Waals surface area (Å²) in [5, 5.41) is 0. The van der Waals surface area contributed by atoms with Crippen LogP contribution in [0.5, 0.6) is 17.2 Å². The number of hydrogen-bond donors (Lipinski definition) is 0. The van der Waals surface area contributed by atoms with Crippen molar-refractivity contribution in [3.63, 3.8) is 0 Å². The van der Waals surface area contributed by atoms with E-state index in [4.69, 9.17) is 42.6 Å². The lowest BCUT2D eigenvalue weighted by Gasteiger charge is -2.58. The van der Waals surface area contributed by atoms with Crippen LogP contribution >= 0.6 is 0 Å². The molecule has 0 bridgehead atoms. The molecule has 0 saturated heterocycles. The number of fused-ring (bicyclic) bond motifs is 5. The molecule has 380 valence electrons. The van der Waals surface area contributed by atoms with Gasteiger partial charge in [-0.2, -0.15) is 0 Å². The van der Waals surface area contributed by atoms with Gasteiger partial charge in [-0.1, -0.05) is 104 Å². The largest absolute Gasteiger partial charge is 0.466 e. The molecule has 0 amide bonds. The Morgan fingerprint density at radius 1 is 0.657 bits per heavy atom. The quantitative estimate of drug-likeness (QED) is 0.0231. The standard InChI is InChI=1S/C55H88O12/c1-39(2)19-17-20-40(3)45-25-26-46-44-24-23-42-35-43(27-29-54(42,4)47(44)28-30-55(45,46)5)67-51(57)22-18-21-50(56)62-31-15-13-11-9-10-12-14-16-32-63-53(58)41-33-48(64-36-59-6)52(66-38-61-8)49(34-41)65-37-60-7/h23,33-34,39-40,43-47H,9-22,24-32,35-38H2,1-8H3. The topological polar surface area (TPSA) is 134 Å². The molecular formula is C55H88O12. The highest BCUT2D eigenvalue weighted by atomic mass is 16.7. The molecule has 0 N–H and O–H groups in total. The Balaban J connectivity index is 0.887. The van der Waals surface area contributed by atoms with E-state index in [0.717, 1.165) is 106 Å². The lowest BCUT2D eigenvalue weighted by molar-refractivity contribution is -0.152. The summed E-state index contributed by atoms with van der Waals surface area (Å²) in [5.41, 5.74) is 2.52. The van der Waals surface area contributed by atoms with Crippen molar-refractivity contribution in [1.29, 1.82) is 0 Å². The van der Waals surface area contributed by atoms with Crippen molar-refractivity contribution in [3.05, 3.63) is 29.3 Å². The monoisotopic (exact) mass is 941 g/mol. The lowest BCUT2D eigenvalue weighted by Crippen LogP contribution is -2.51. The van der Waals surface area contributed by atoms with E-state index < -0.39 is 5.97 Å². The van der Waals surface area contributed by atoms with Crippen LogP contribution in [0.25, 0.3) is 0 Å². The van der Waals surface area contributed by atoms with Crippen LogP contribution in [0.15, 0.2) is 23.8 Å². The van der Waals surface area contributed by atoms with Gasteiger partial charge in [-0.25, -0.2) is 4.79 Å². The van der Waals surface area contributed by atoms with Crippen LogP contribution < -0.4 is 14.2 Å². The molecule has 8 atom stereocenters. The average molecular weight is 941 g/mol. The number of unbranched alkanes of at least 4 members (excludes halogenated alkanes) is 7. The van der Waals surface area contributed by atoms with E-state index in [1.54, 1.807) is 5.57 Å². The number of benzene rings is 1. The summed E-state index contributed by atoms with van der Waals surface area (Å²) < 4.78 is 49.0. The van der Waals surface area contributed by atoms with E-state index in [1.807, 2.05) is 0 Å². The molecule has 0 heterocycles. The minimum absolute atomic E-state index is 0.0492. The van der Waals surface area contributed by atoms with Gasteiger partial charge in [-0.15, -0.1) is 0 Å². The van der Waals surface area contributed by atoms with Gasteiger partial charge in [0, 0.05) is 40.6 Å². The Morgan fingerprint density at radius 3 is 1.91 bits per heavy atom. The molecule has 5 rings (SSSR count). The molecule has 0 spiro atoms. The van der Waals surface area contributed by atoms with Gasteiger partial charge in [0.05, 0.1) is 18.8 Å². The predicted molar refractivity (Wildman–Crippen MR) is 259 cm³/mol. The van der Waals surface area contributed by atoms with E-state index in [-0.39, 0.29) is 79.5 Å². The summed E-state index contributed by atoms with van der Waals surface area (Å²) in [6.07, 6.45) is 25.1. The van der Waals surface area contributed by atoms with Crippen LogP contribution in [-0.2, 0) is 38.0 Å². The predicted octanol–water partition coefficient (Wildman–Crippen LogP) is 12.6. The first-order chi connectivity index (χ1) is 32.3. The maximum atomic E-state index is 12.9. The smallest absolute Gasteiger partial charge is 0.338 e. The SMILES string of the molecule is COCOc1cc(C(=O)OCCCCCCCCCCOC(=O)CCCC(=O)OC2CCC3(C)C(=CCC4C3CCC3(C)C(C(C)CCCC(C)C)CCC43)C2)cc(OCOC)c1OCOC. The zero-order chi connectivity index (χ0) is 48.2. The second-order valence-corrected chi connectivity index (χ2v) is 21.1. The average Bonchev–Trinajstić information content (AvgIpc) is 3.67. The normalized spacial score (nSPS) is 25.9. The molecule has 8 unspecified atom stereocenters. The molecule has 0 aromatic heterocycles. The first-order valence-corrected chi connectivity index (χ1v) is 26.1. The number of ether oxygens (including phenoxy) is 9. The van der Waals surface area contributed by atoms with Gasteiger partial charge in [0.15, 0.2) is 31.9 Å². The number of rotatable bonds is 31. The molecule has 3 fully saturated rings. The summed E-state index contributed by atoms with van der Waals surface area (Å²) in [6, 6.07) is 3.06. The van der Waals surface area contributed by atoms with Crippen LogP contribution in [-0.4, -0.2) is 78.9 Å². The third-order valence-corrected chi connectivity index (χ3v) is 16.1. The zero-order valence-electron chi connectivity index (χ0n) is 42.8. The summed E-state index contributed by atoms with van der Waals surface area (Å²) >= 11 is 0. The van der Waals surface area contributed by atoms with E-state index in [0.29, 0.717) is 25.0 Å². The van der Waals surface area contributed by atoms with Gasteiger partial charge in [-0.3, -0.25) is 9.59 Å². The molecule has 1 aromatic rings. The van der Waals surface area contributed by atoms with Gasteiger partial charge >= 0.3 is 17.9 Å². The Bertz CT molecular complexity index is 1680. The highest BCUT2D eigenvalue weighted by Gasteiger charge is 2.59. The number of allylic oxidation sites excluding steroid dienone is 1. The highest BCUT2D eigenvalue weighted by molar-refractivity contribution is 5.91. The third kappa shape index (κ3) is 15.6. The molecule has 12 nitrogen and oxygen atoms in total. The van der Waals surface area contributed by atoms with Crippen LogP contribution in [0.3, 0.4) is 0 Å². The summed E-state index contributed by atoms with van der Waals surface area (Å²) in [6.45, 7) is 13.0. The molecule has 1 aromatic carbocycles. The summed E-state index contributed by atoms with van der Waals surface area (Å²) in [7, 11) is 4.48. The van der Waals surface area contributed by atoms with Crippen LogP contribution in [0.2, 0.25) is 0 Å². The maximum Gasteiger partial charge on any atom is 0.338 e. The second-order valence-electron chi connectivity index (χ2n) is 21.1. The summed E-state index contributed by atoms with van der Waals surface area (Å²) in [4.78, 5) is 38.2. The van der Waals surface area contributed by atoms with Gasteiger partial charge in [-0.05, 0) is 123 Å². The molecule has 12 heteroatoms. The van der Waals surface area contributed by atoms with E-state index >= 15 is 0 Å². The molecule has 4 aliphatic carbocycles. The molecular weight excluding hydrogens is 853 g/mol. The Morgan fingerprint density at radius 2 is 1.27 bits per heavy atom. The van der Waals surface area contributed by atoms with E-state index in [9.17, 15) is 14.4 Å². The van der Waals surface area contributed by atoms with Crippen molar-refractivity contribution in [3.8, 4) is 17.2 Å². The number of carbonyl (C=O) groups excluding carboxylic acids is 3. The highest BCUT2D eigenvalue weighted by Crippen LogP contribution is 2.67. The minimum atomic E-state index is -0.497. The van der Waals surface area contributed by atoms with E-state index in [2.05, 4.69) is 40.7 Å². The maximum absolute atomic E-state index is 12.9. The molecule has 67 heavy (non-hydrogen) atoms. The lowest BCUT2D eigenvalue weighted by atomic mass is 9.47. The van der Waals surface area contributed by atoms with Crippen molar-refractivity contribution in [2.45, 2.75) is 182 Å². The van der Waals surface area contributed by atoms with Gasteiger partial charge < -0.3 is 42.6 Å². The molecule has 0 radical (unpaired) electrons. The van der Waals surface area contributed by atoms with Crippen LogP contribution in [0.1, 0.15) is 186 Å². The van der Waals surface area contributed by atoms with Crippen LogP contribution in [0.4, 0.5) is 0 Å². The number of methoxy groups -OCH3 is 3. The minimum Gasteiger partial charge on any atom is -0.466 e. The van der Waals surface area contributed by atoms with Crippen molar-refractivity contribution in [2.75, 3.05) is 54.9 Å². The van der Waals surface area contributed by atoms with Crippen molar-refractivity contribution in [1.82, 2.24) is 0 Å². The Hall–Kier alpha value is -3.35. The fourth-order valence-electron chi connectivity index (χ4n) is 12.6. The fraction of sp³-hybridized carbons (Fsp3) is 0.800. The molecule has 3 saturated carbocycles. The third-order valence-electron chi connectivity index (χ3n) is 16.1. The zero-order valence-corrected chi connectivity index (χ0v) is 42.8.